The van der Waals surface area contributed by atoms with Crippen LogP contribution >= 0.6 is 12.2 Å². The zero-order chi connectivity index (χ0) is 14.1. The molecule has 0 aliphatic carbocycles. The average Bonchev–Trinajstić information content (AvgIpc) is 3.05. The molecule has 2 aromatic heterocycles. The summed E-state index contributed by atoms with van der Waals surface area (Å²) >= 11 is 5.42. The van der Waals surface area contributed by atoms with E-state index in [0.29, 0.717) is 4.77 Å². The number of aromatic amines is 1. The highest BCUT2D eigenvalue weighted by atomic mass is 32.1. The Labute approximate surface area is 121 Å². The highest BCUT2D eigenvalue weighted by molar-refractivity contribution is 7.71. The summed E-state index contributed by atoms with van der Waals surface area (Å²) in [7, 11) is 1.93. The molecule has 0 aliphatic heterocycles. The van der Waals surface area contributed by atoms with E-state index in [4.69, 9.17) is 12.2 Å². The summed E-state index contributed by atoms with van der Waals surface area (Å²) in [5, 5.41) is 8.12. The fourth-order valence-electron chi connectivity index (χ4n) is 2.38. The first kappa shape index (κ1) is 12.8. The Hall–Kier alpha value is -2.21. The smallest absolute Gasteiger partial charge is 0.178 e. The van der Waals surface area contributed by atoms with Crippen LogP contribution in [0.2, 0.25) is 0 Å². The first-order chi connectivity index (χ1) is 9.68. The van der Waals surface area contributed by atoms with Gasteiger partial charge >= 0.3 is 0 Å². The molecule has 3 aromatic rings. The van der Waals surface area contributed by atoms with E-state index in [0.717, 1.165) is 17.1 Å². The van der Waals surface area contributed by atoms with E-state index in [9.17, 15) is 0 Å². The fraction of sp³-hybridized carbons (Fsp3) is 0.214. The minimum absolute atomic E-state index is 0.0106. The van der Waals surface area contributed by atoms with Crippen LogP contribution in [-0.4, -0.2) is 24.3 Å². The van der Waals surface area contributed by atoms with Crippen molar-refractivity contribution >= 4 is 12.2 Å². The van der Waals surface area contributed by atoms with Crippen molar-refractivity contribution < 1.29 is 0 Å². The second-order valence-electron chi connectivity index (χ2n) is 4.69. The lowest BCUT2D eigenvalue weighted by Gasteiger charge is -2.16. The van der Waals surface area contributed by atoms with Gasteiger partial charge < -0.3 is 14.1 Å². The molecule has 20 heavy (non-hydrogen) atoms. The maximum Gasteiger partial charge on any atom is 0.178 e. The Morgan fingerprint density at radius 3 is 2.65 bits per heavy atom. The van der Waals surface area contributed by atoms with Crippen LogP contribution in [0.15, 0.2) is 42.9 Å². The number of hydrogen-bond donors (Lipinski definition) is 1. The number of aromatic nitrogens is 5. The molecule has 1 atom stereocenters. The predicted octanol–water partition coefficient (Wildman–Crippen LogP) is 2.95. The molecule has 0 bridgehead atoms. The molecule has 1 unspecified atom stereocenters. The molecule has 0 radical (unpaired) electrons. The summed E-state index contributed by atoms with van der Waals surface area (Å²) in [6, 6.07) is 10.2. The highest BCUT2D eigenvalue weighted by Crippen LogP contribution is 2.25. The van der Waals surface area contributed by atoms with Crippen LogP contribution in [0.25, 0.3) is 11.3 Å². The SMILES string of the molecule is CC(c1nncn1C)n1c(-c2ccccc2)c[nH]c1=S. The Bertz CT molecular complexity index is 768. The number of aryl methyl sites for hydroxylation is 1. The largest absolute Gasteiger partial charge is 0.337 e. The van der Waals surface area contributed by atoms with Gasteiger partial charge in [0.25, 0.3) is 0 Å². The maximum atomic E-state index is 5.42. The van der Waals surface area contributed by atoms with Crippen LogP contribution in [0.5, 0.6) is 0 Å². The lowest BCUT2D eigenvalue weighted by atomic mass is 10.1. The summed E-state index contributed by atoms with van der Waals surface area (Å²) in [4.78, 5) is 3.12. The lowest BCUT2D eigenvalue weighted by Crippen LogP contribution is -2.13. The van der Waals surface area contributed by atoms with Gasteiger partial charge in [0.15, 0.2) is 10.6 Å². The Morgan fingerprint density at radius 2 is 2.00 bits per heavy atom. The summed E-state index contributed by atoms with van der Waals surface area (Å²) in [5.74, 6) is 0.873. The lowest BCUT2D eigenvalue weighted by molar-refractivity contribution is 0.572. The number of benzene rings is 1. The highest BCUT2D eigenvalue weighted by Gasteiger charge is 2.18. The molecule has 0 saturated heterocycles. The van der Waals surface area contributed by atoms with E-state index in [1.807, 2.05) is 36.0 Å². The third-order valence-electron chi connectivity index (χ3n) is 3.39. The molecule has 1 N–H and O–H groups in total. The van der Waals surface area contributed by atoms with Crippen LogP contribution < -0.4 is 0 Å². The van der Waals surface area contributed by atoms with Gasteiger partial charge in [-0.15, -0.1) is 10.2 Å². The number of rotatable bonds is 3. The minimum Gasteiger partial charge on any atom is -0.337 e. The summed E-state index contributed by atoms with van der Waals surface area (Å²) < 4.78 is 4.66. The van der Waals surface area contributed by atoms with Crippen molar-refractivity contribution in [3.63, 3.8) is 0 Å². The van der Waals surface area contributed by atoms with Gasteiger partial charge in [-0.05, 0) is 24.7 Å². The van der Waals surface area contributed by atoms with E-state index in [2.05, 4.69) is 38.8 Å². The molecule has 2 heterocycles. The standard InChI is InChI=1S/C14H15N5S/c1-10(13-17-16-9-18(13)2)19-12(8-15-14(19)20)11-6-4-3-5-7-11/h3-10H,1-2H3,(H,15,20). The quantitative estimate of drug-likeness (QED) is 0.753. The third kappa shape index (κ3) is 2.08. The van der Waals surface area contributed by atoms with E-state index < -0.39 is 0 Å². The van der Waals surface area contributed by atoms with Crippen molar-refractivity contribution in [2.24, 2.45) is 7.05 Å². The van der Waals surface area contributed by atoms with E-state index >= 15 is 0 Å². The van der Waals surface area contributed by atoms with Crippen LogP contribution in [0.1, 0.15) is 18.8 Å². The van der Waals surface area contributed by atoms with E-state index in [1.54, 1.807) is 6.33 Å². The minimum atomic E-state index is 0.0106. The Balaban J connectivity index is 2.13. The molecule has 0 spiro atoms. The van der Waals surface area contributed by atoms with Gasteiger partial charge in [-0.3, -0.25) is 0 Å². The predicted molar refractivity (Wildman–Crippen MR) is 79.9 cm³/mol. The summed E-state index contributed by atoms with van der Waals surface area (Å²) in [6.45, 7) is 2.07. The van der Waals surface area contributed by atoms with Gasteiger partial charge in [0.1, 0.15) is 6.33 Å². The second kappa shape index (κ2) is 5.05. The second-order valence-corrected chi connectivity index (χ2v) is 5.08. The van der Waals surface area contributed by atoms with Crippen molar-refractivity contribution in [2.45, 2.75) is 13.0 Å². The molecule has 5 nitrogen and oxygen atoms in total. The first-order valence-corrected chi connectivity index (χ1v) is 6.78. The number of nitrogens with zero attached hydrogens (tertiary/aromatic N) is 4. The summed E-state index contributed by atoms with van der Waals surface area (Å²) in [6.07, 6.45) is 3.63. The number of hydrogen-bond acceptors (Lipinski definition) is 3. The molecule has 102 valence electrons. The molecule has 6 heteroatoms. The molecule has 0 fully saturated rings. The topological polar surface area (TPSA) is 51.4 Å². The molecular weight excluding hydrogens is 270 g/mol. The monoisotopic (exact) mass is 285 g/mol. The molecule has 1 aromatic carbocycles. The van der Waals surface area contributed by atoms with Crippen molar-refractivity contribution in [3.8, 4) is 11.3 Å². The maximum absolute atomic E-state index is 5.42. The molecular formula is C14H15N5S. The average molecular weight is 285 g/mol. The van der Waals surface area contributed by atoms with Gasteiger partial charge in [-0.2, -0.15) is 0 Å². The van der Waals surface area contributed by atoms with Gasteiger partial charge in [-0.1, -0.05) is 30.3 Å². The number of H-pyrrole nitrogens is 1. The van der Waals surface area contributed by atoms with Crippen LogP contribution in [0.4, 0.5) is 0 Å². The molecule has 0 saturated carbocycles. The van der Waals surface area contributed by atoms with E-state index in [-0.39, 0.29) is 6.04 Å². The van der Waals surface area contributed by atoms with Crippen LogP contribution in [0.3, 0.4) is 0 Å². The number of nitrogens with one attached hydrogen (secondary N) is 1. The normalized spacial score (nSPS) is 12.5. The van der Waals surface area contributed by atoms with Gasteiger partial charge in [0.05, 0.1) is 11.7 Å². The van der Waals surface area contributed by atoms with Crippen molar-refractivity contribution in [2.75, 3.05) is 0 Å². The third-order valence-corrected chi connectivity index (χ3v) is 3.70. The Morgan fingerprint density at radius 1 is 1.25 bits per heavy atom. The molecule has 0 aliphatic rings. The fourth-order valence-corrected chi connectivity index (χ4v) is 2.70. The summed E-state index contributed by atoms with van der Waals surface area (Å²) in [5.41, 5.74) is 2.17. The number of imidazole rings is 1. The van der Waals surface area contributed by atoms with E-state index in [1.165, 1.54) is 0 Å². The van der Waals surface area contributed by atoms with Crippen molar-refractivity contribution in [1.29, 1.82) is 0 Å². The van der Waals surface area contributed by atoms with Crippen molar-refractivity contribution in [1.82, 2.24) is 24.3 Å². The molecule has 0 amide bonds. The van der Waals surface area contributed by atoms with Crippen LogP contribution in [0, 0.1) is 4.77 Å². The molecule has 3 rings (SSSR count). The zero-order valence-corrected chi connectivity index (χ0v) is 12.1. The van der Waals surface area contributed by atoms with Crippen molar-refractivity contribution in [3.05, 3.63) is 53.5 Å². The van der Waals surface area contributed by atoms with Crippen LogP contribution in [-0.2, 0) is 7.05 Å². The van der Waals surface area contributed by atoms with Gasteiger partial charge in [0, 0.05) is 13.2 Å². The zero-order valence-electron chi connectivity index (χ0n) is 11.3. The van der Waals surface area contributed by atoms with Gasteiger partial charge in [-0.25, -0.2) is 0 Å². The van der Waals surface area contributed by atoms with Gasteiger partial charge in [0.2, 0.25) is 0 Å². The Kier molecular flexibility index (Phi) is 3.23. The first-order valence-electron chi connectivity index (χ1n) is 6.37.